The van der Waals surface area contributed by atoms with Crippen LogP contribution in [0.25, 0.3) is 0 Å². The maximum atomic E-state index is 13.0. The topological polar surface area (TPSA) is 161 Å². The highest BCUT2D eigenvalue weighted by Gasteiger charge is 2.48. The summed E-state index contributed by atoms with van der Waals surface area (Å²) in [4.78, 5) is 49.7. The molecule has 14 heteroatoms. The van der Waals surface area contributed by atoms with E-state index >= 15 is 0 Å². The van der Waals surface area contributed by atoms with E-state index in [1.165, 1.54) is 5.06 Å². The van der Waals surface area contributed by atoms with Crippen molar-refractivity contribution in [1.82, 2.24) is 30.8 Å². The lowest BCUT2D eigenvalue weighted by atomic mass is 9.80. The fourth-order valence-electron chi connectivity index (χ4n) is 4.88. The molecule has 2 saturated heterocycles. The van der Waals surface area contributed by atoms with Gasteiger partial charge in [0.05, 0.1) is 18.7 Å². The number of aromatic nitrogens is 2. The van der Waals surface area contributed by atoms with Crippen molar-refractivity contribution in [2.24, 2.45) is 4.99 Å². The average Bonchev–Trinajstić information content (AvgIpc) is 3.38. The molecule has 41 heavy (non-hydrogen) atoms. The summed E-state index contributed by atoms with van der Waals surface area (Å²) in [5.74, 6) is 0.818. The number of amides is 4. The number of hydrogen-bond donors (Lipinski definition) is 2. The molecule has 1 aliphatic carbocycles. The molecule has 0 radical (unpaired) electrons. The molecular formula is C27H43N7O7. The molecule has 3 heterocycles. The summed E-state index contributed by atoms with van der Waals surface area (Å²) < 4.78 is 16.6. The van der Waals surface area contributed by atoms with Crippen LogP contribution in [0.4, 0.5) is 14.4 Å². The summed E-state index contributed by atoms with van der Waals surface area (Å²) in [6, 6.07) is -0.606. The van der Waals surface area contributed by atoms with Gasteiger partial charge in [0, 0.05) is 12.5 Å². The third kappa shape index (κ3) is 8.08. The van der Waals surface area contributed by atoms with Crippen molar-refractivity contribution >= 4 is 24.2 Å². The SMILES string of the molecule is CCCCON1C(=O)N2C[C@@H]1CC[C@H]2c1nnc(C2CC(N=C(NC(=O)OC(C)(C)C)NC(=O)OC(C)(C)C)C2)o1. The van der Waals surface area contributed by atoms with E-state index in [0.29, 0.717) is 37.8 Å². The zero-order valence-electron chi connectivity index (χ0n) is 25.1. The van der Waals surface area contributed by atoms with Gasteiger partial charge in [-0.15, -0.1) is 10.2 Å². The second kappa shape index (κ2) is 12.2. The molecule has 0 aromatic carbocycles. The van der Waals surface area contributed by atoms with Crippen molar-refractivity contribution in [3.05, 3.63) is 11.8 Å². The molecule has 228 valence electrons. The van der Waals surface area contributed by atoms with Crippen LogP contribution in [0.5, 0.6) is 0 Å². The molecule has 1 saturated carbocycles. The molecule has 4 rings (SSSR count). The number of hydrogen-bond acceptors (Lipinski definition) is 10. The summed E-state index contributed by atoms with van der Waals surface area (Å²) in [5, 5.41) is 15.1. The van der Waals surface area contributed by atoms with Crippen molar-refractivity contribution in [3.8, 4) is 0 Å². The Labute approximate surface area is 240 Å². The lowest BCUT2D eigenvalue weighted by molar-refractivity contribution is -0.130. The van der Waals surface area contributed by atoms with Crippen LogP contribution in [0.1, 0.15) is 111 Å². The van der Waals surface area contributed by atoms with Crippen molar-refractivity contribution in [2.75, 3.05) is 13.2 Å². The van der Waals surface area contributed by atoms with Gasteiger partial charge in [0.2, 0.25) is 17.7 Å². The number of rotatable bonds is 7. The van der Waals surface area contributed by atoms with Gasteiger partial charge in [-0.25, -0.2) is 19.4 Å². The Hall–Kier alpha value is -3.42. The normalized spacial score (nSPS) is 24.0. The summed E-state index contributed by atoms with van der Waals surface area (Å²) >= 11 is 0. The third-order valence-electron chi connectivity index (χ3n) is 6.81. The van der Waals surface area contributed by atoms with E-state index in [0.717, 1.165) is 25.7 Å². The Morgan fingerprint density at radius 1 is 1.00 bits per heavy atom. The maximum absolute atomic E-state index is 13.0. The van der Waals surface area contributed by atoms with Gasteiger partial charge in [-0.3, -0.25) is 15.5 Å². The van der Waals surface area contributed by atoms with Crippen molar-refractivity contribution < 1.29 is 33.1 Å². The number of nitrogens with zero attached hydrogens (tertiary/aromatic N) is 5. The average molecular weight is 578 g/mol. The number of carbonyl (C=O) groups excluding carboxylic acids is 3. The minimum atomic E-state index is -0.745. The molecule has 2 bridgehead atoms. The van der Waals surface area contributed by atoms with Crippen LogP contribution in [-0.2, 0) is 14.3 Å². The van der Waals surface area contributed by atoms with Gasteiger partial charge in [-0.2, -0.15) is 5.06 Å². The Bertz CT molecular complexity index is 1100. The number of piperidine rings is 1. The van der Waals surface area contributed by atoms with Crippen LogP contribution < -0.4 is 10.6 Å². The number of guanidine groups is 1. The Kier molecular flexibility index (Phi) is 9.10. The lowest BCUT2D eigenvalue weighted by Gasteiger charge is -2.31. The molecule has 3 aliphatic rings. The monoisotopic (exact) mass is 577 g/mol. The van der Waals surface area contributed by atoms with E-state index in [1.54, 1.807) is 46.4 Å². The highest BCUT2D eigenvalue weighted by Crippen LogP contribution is 2.41. The molecule has 2 aliphatic heterocycles. The summed E-state index contributed by atoms with van der Waals surface area (Å²) in [6.45, 7) is 13.6. The number of urea groups is 1. The van der Waals surface area contributed by atoms with Crippen molar-refractivity contribution in [1.29, 1.82) is 0 Å². The quantitative estimate of drug-likeness (QED) is 0.272. The van der Waals surface area contributed by atoms with Crippen LogP contribution >= 0.6 is 0 Å². The molecule has 3 fully saturated rings. The molecular weight excluding hydrogens is 534 g/mol. The first-order valence-corrected chi connectivity index (χ1v) is 14.4. The van der Waals surface area contributed by atoms with Crippen LogP contribution in [0.2, 0.25) is 0 Å². The largest absolute Gasteiger partial charge is 0.444 e. The second-order valence-corrected chi connectivity index (χ2v) is 12.7. The van der Waals surface area contributed by atoms with Gasteiger partial charge < -0.3 is 18.8 Å². The Morgan fingerprint density at radius 2 is 1.61 bits per heavy atom. The van der Waals surface area contributed by atoms with Gasteiger partial charge in [-0.1, -0.05) is 13.3 Å². The van der Waals surface area contributed by atoms with Crippen LogP contribution in [0.3, 0.4) is 0 Å². The molecule has 0 unspecified atom stereocenters. The molecule has 2 N–H and O–H groups in total. The van der Waals surface area contributed by atoms with E-state index in [9.17, 15) is 14.4 Å². The molecule has 1 aromatic heterocycles. The van der Waals surface area contributed by atoms with Gasteiger partial charge in [0.1, 0.15) is 17.2 Å². The van der Waals surface area contributed by atoms with Gasteiger partial charge >= 0.3 is 18.2 Å². The van der Waals surface area contributed by atoms with Gasteiger partial charge in [-0.05, 0) is 73.6 Å². The summed E-state index contributed by atoms with van der Waals surface area (Å²) in [7, 11) is 0. The molecule has 0 spiro atoms. The van der Waals surface area contributed by atoms with E-state index in [2.05, 4.69) is 32.7 Å². The highest BCUT2D eigenvalue weighted by atomic mass is 16.7. The standard InChI is InChI=1S/C27H43N7O7/c1-8-9-12-38-34-18-10-11-19(33(15-18)25(34)37)21-32-31-20(39-21)16-13-17(14-16)28-22(29-23(35)40-26(2,3)4)30-24(36)41-27(5,6)7/h16-19H,8-15H2,1-7H3,(H2,28,29,30,35,36)/t16?,17?,18-,19-/m0/s1. The predicted octanol–water partition coefficient (Wildman–Crippen LogP) is 4.39. The number of hydroxylamine groups is 2. The minimum absolute atomic E-state index is 0.0335. The summed E-state index contributed by atoms with van der Waals surface area (Å²) in [6.07, 6.45) is 3.08. The number of aliphatic imine (C=N–C) groups is 1. The van der Waals surface area contributed by atoms with E-state index in [4.69, 9.17) is 18.7 Å². The molecule has 2 atom stereocenters. The van der Waals surface area contributed by atoms with Crippen LogP contribution in [0.15, 0.2) is 9.41 Å². The second-order valence-electron chi connectivity index (χ2n) is 12.7. The summed E-state index contributed by atoms with van der Waals surface area (Å²) in [5.41, 5.74) is -1.45. The number of unbranched alkanes of at least 4 members (excludes halogenated alkanes) is 1. The lowest BCUT2D eigenvalue weighted by Crippen LogP contribution is -2.48. The van der Waals surface area contributed by atoms with E-state index in [1.807, 2.05) is 0 Å². The van der Waals surface area contributed by atoms with Crippen LogP contribution in [-0.4, -0.2) is 80.8 Å². The van der Waals surface area contributed by atoms with E-state index < -0.39 is 23.4 Å². The number of carbonyl (C=O) groups is 3. The Morgan fingerprint density at radius 3 is 2.20 bits per heavy atom. The fourth-order valence-corrected chi connectivity index (χ4v) is 4.88. The van der Waals surface area contributed by atoms with Gasteiger partial charge in [0.25, 0.3) is 0 Å². The zero-order valence-corrected chi connectivity index (χ0v) is 25.1. The van der Waals surface area contributed by atoms with E-state index in [-0.39, 0.29) is 36.0 Å². The number of ether oxygens (including phenoxy) is 2. The molecule has 4 amide bonds. The molecule has 1 aromatic rings. The first kappa shape index (κ1) is 30.5. The maximum Gasteiger partial charge on any atom is 0.414 e. The predicted molar refractivity (Wildman–Crippen MR) is 147 cm³/mol. The fraction of sp³-hybridized carbons (Fsp3) is 0.778. The molecule has 14 nitrogen and oxygen atoms in total. The minimum Gasteiger partial charge on any atom is -0.444 e. The highest BCUT2D eigenvalue weighted by molar-refractivity contribution is 6.01. The number of fused-ring (bicyclic) bond motifs is 2. The first-order valence-electron chi connectivity index (χ1n) is 14.4. The first-order chi connectivity index (χ1) is 19.2. The van der Waals surface area contributed by atoms with Gasteiger partial charge in [0.15, 0.2) is 0 Å². The third-order valence-corrected chi connectivity index (χ3v) is 6.81. The smallest absolute Gasteiger partial charge is 0.414 e. The van der Waals surface area contributed by atoms with Crippen molar-refractivity contribution in [3.63, 3.8) is 0 Å². The van der Waals surface area contributed by atoms with Crippen molar-refractivity contribution in [2.45, 2.75) is 122 Å². The number of alkyl carbamates (subject to hydrolysis) is 2. The Balaban J connectivity index is 1.36. The van der Waals surface area contributed by atoms with Crippen LogP contribution in [0, 0.1) is 0 Å². The number of nitrogens with one attached hydrogen (secondary N) is 2. The zero-order chi connectivity index (χ0) is 29.9.